The van der Waals surface area contributed by atoms with Gasteiger partial charge in [0, 0.05) is 24.9 Å². The van der Waals surface area contributed by atoms with Gasteiger partial charge in [-0.1, -0.05) is 57.7 Å². The molecule has 0 saturated heterocycles. The molecule has 0 atom stereocenters. The minimum absolute atomic E-state index is 0.000994. The largest absolute Gasteiger partial charge is 0.454 e. The highest BCUT2D eigenvalue weighted by Crippen LogP contribution is 2.40. The van der Waals surface area contributed by atoms with Crippen molar-refractivity contribution in [3.8, 4) is 11.5 Å². The lowest BCUT2D eigenvalue weighted by atomic mass is 10.1. The molecule has 0 saturated carbocycles. The van der Waals surface area contributed by atoms with Crippen LogP contribution in [0.3, 0.4) is 0 Å². The number of anilines is 1. The van der Waals surface area contributed by atoms with Gasteiger partial charge in [0.1, 0.15) is 10.6 Å². The summed E-state index contributed by atoms with van der Waals surface area (Å²) in [4.78, 5) is 6.04. The van der Waals surface area contributed by atoms with Crippen LogP contribution in [0.25, 0.3) is 0 Å². The second-order valence-electron chi connectivity index (χ2n) is 7.34. The van der Waals surface area contributed by atoms with Gasteiger partial charge in [-0.15, -0.1) is 0 Å². The molecule has 176 valence electrons. The summed E-state index contributed by atoms with van der Waals surface area (Å²) in [5.41, 5.74) is 0.991. The summed E-state index contributed by atoms with van der Waals surface area (Å²) in [7, 11) is -3.69. The van der Waals surface area contributed by atoms with E-state index in [1.165, 1.54) is 6.07 Å². The Bertz CT molecular complexity index is 990. The van der Waals surface area contributed by atoms with Gasteiger partial charge in [0.2, 0.25) is 0 Å². The van der Waals surface area contributed by atoms with Crippen LogP contribution in [-0.4, -0.2) is 38.9 Å². The van der Waals surface area contributed by atoms with Crippen LogP contribution in [0.15, 0.2) is 52.5 Å². The number of nitrogens with one attached hydrogen (secondary N) is 1. The maximum atomic E-state index is 12.8. The molecule has 0 radical (unpaired) electrons. The Morgan fingerprint density at radius 3 is 2.25 bits per heavy atom. The lowest BCUT2D eigenvalue weighted by Gasteiger charge is -2.28. The number of unbranched alkanes of at least 4 members (excludes halogenated alkanes) is 2. The maximum absolute atomic E-state index is 12.8. The Hall–Kier alpha value is -2.43. The van der Waals surface area contributed by atoms with Crippen molar-refractivity contribution < 1.29 is 23.4 Å². The normalized spacial score (nSPS) is 11.8. The van der Waals surface area contributed by atoms with Gasteiger partial charge in [-0.3, -0.25) is 0 Å². The summed E-state index contributed by atoms with van der Waals surface area (Å²) in [6, 6.07) is 12.2. The quantitative estimate of drug-likeness (QED) is 0.131. The van der Waals surface area contributed by atoms with E-state index in [2.05, 4.69) is 46.4 Å². The highest BCUT2D eigenvalue weighted by molar-refractivity contribution is 7.90. The molecule has 0 aliphatic rings. The van der Waals surface area contributed by atoms with Crippen molar-refractivity contribution in [3.63, 3.8) is 0 Å². The van der Waals surface area contributed by atoms with Crippen LogP contribution in [0.4, 0.5) is 5.69 Å². The first-order chi connectivity index (χ1) is 15.3. The Morgan fingerprint density at radius 1 is 1.12 bits per heavy atom. The molecule has 2 rings (SSSR count). The summed E-state index contributed by atoms with van der Waals surface area (Å²) in [6.45, 7) is 5.66. The van der Waals surface area contributed by atoms with E-state index in [0.717, 1.165) is 45.0 Å². The van der Waals surface area contributed by atoms with Gasteiger partial charge in [0.25, 0.3) is 0 Å². The summed E-state index contributed by atoms with van der Waals surface area (Å²) in [5, 5.41) is 12.3. The number of hydrogen-bond donors (Lipinski definition) is 3. The summed E-state index contributed by atoms with van der Waals surface area (Å²) in [6.07, 6.45) is 4.96. The van der Waals surface area contributed by atoms with Gasteiger partial charge < -0.3 is 14.4 Å². The van der Waals surface area contributed by atoms with Crippen LogP contribution in [0.1, 0.15) is 45.1 Å². The third-order valence-corrected chi connectivity index (χ3v) is 6.13. The van der Waals surface area contributed by atoms with E-state index in [4.69, 9.17) is 9.99 Å². The first kappa shape index (κ1) is 25.8. The Kier molecular flexibility index (Phi) is 10.1. The molecule has 0 fully saturated rings. The smallest absolute Gasteiger partial charge is 0.186 e. The van der Waals surface area contributed by atoms with Crippen molar-refractivity contribution >= 4 is 34.2 Å². The SMILES string of the molecule is CCCCN(CCCC)c1cc(/C(=N/OO)NS)cc(S(C)(=O)=O)c1Oc1ccccc1. The lowest BCUT2D eigenvalue weighted by molar-refractivity contribution is -0.243. The van der Waals surface area contributed by atoms with Crippen molar-refractivity contribution in [2.24, 2.45) is 5.16 Å². The van der Waals surface area contributed by atoms with E-state index in [1.807, 2.05) is 18.2 Å². The molecule has 0 aliphatic heterocycles. The molecule has 2 N–H and O–H groups in total. The van der Waals surface area contributed by atoms with Crippen LogP contribution in [-0.2, 0) is 14.8 Å². The fourth-order valence-electron chi connectivity index (χ4n) is 3.17. The van der Waals surface area contributed by atoms with Crippen LogP contribution in [0.2, 0.25) is 0 Å². The van der Waals surface area contributed by atoms with E-state index in [-0.39, 0.29) is 16.5 Å². The molecule has 2 aromatic rings. The maximum Gasteiger partial charge on any atom is 0.186 e. The molecule has 10 heteroatoms. The average molecular weight is 482 g/mol. The summed E-state index contributed by atoms with van der Waals surface area (Å²) < 4.78 is 34.3. The van der Waals surface area contributed by atoms with Crippen LogP contribution in [0.5, 0.6) is 11.5 Å². The van der Waals surface area contributed by atoms with Crippen LogP contribution < -0.4 is 14.4 Å². The fraction of sp³-hybridized carbons (Fsp3) is 0.409. The Morgan fingerprint density at radius 2 is 1.75 bits per heavy atom. The standard InChI is InChI=1S/C22H31N3O5S2/c1-4-6-13-25(14-7-5-2)19-15-17(22(24-31)23-30-26)16-20(32(3,27)28)21(19)29-18-11-9-8-10-12-18/h8-12,15-16,26,31H,4-7,13-14H2,1-3H3,(H,23,24). The number of rotatable bonds is 12. The second kappa shape index (κ2) is 12.6. The van der Waals surface area contributed by atoms with Gasteiger partial charge in [0.15, 0.2) is 21.4 Å². The molecule has 0 amide bonds. The van der Waals surface area contributed by atoms with Crippen molar-refractivity contribution in [1.29, 1.82) is 0 Å². The molecular weight excluding hydrogens is 450 g/mol. The molecule has 8 nitrogen and oxygen atoms in total. The van der Waals surface area contributed by atoms with Crippen molar-refractivity contribution in [3.05, 3.63) is 48.0 Å². The van der Waals surface area contributed by atoms with Gasteiger partial charge in [-0.2, -0.15) is 5.26 Å². The minimum Gasteiger partial charge on any atom is -0.454 e. The number of thiol groups is 1. The summed E-state index contributed by atoms with van der Waals surface area (Å²) >= 11 is 4.01. The molecule has 0 heterocycles. The number of oxime groups is 1. The molecule has 0 bridgehead atoms. The predicted molar refractivity (Wildman–Crippen MR) is 130 cm³/mol. The molecule has 0 aliphatic carbocycles. The second-order valence-corrected chi connectivity index (χ2v) is 9.55. The zero-order chi connectivity index (χ0) is 23.6. The van der Waals surface area contributed by atoms with E-state index < -0.39 is 9.84 Å². The topological polar surface area (TPSA) is 100 Å². The summed E-state index contributed by atoms with van der Waals surface area (Å²) in [5.74, 6) is 0.828. The van der Waals surface area contributed by atoms with E-state index in [1.54, 1.807) is 18.2 Å². The number of ether oxygens (including phenoxy) is 1. The average Bonchev–Trinajstić information content (AvgIpc) is 2.78. The van der Waals surface area contributed by atoms with Crippen molar-refractivity contribution in [2.75, 3.05) is 24.2 Å². The van der Waals surface area contributed by atoms with E-state index >= 15 is 0 Å². The highest BCUT2D eigenvalue weighted by atomic mass is 32.2. The Labute approximate surface area is 195 Å². The molecule has 2 aromatic carbocycles. The molecule has 0 spiro atoms. The Balaban J connectivity index is 2.79. The van der Waals surface area contributed by atoms with Crippen LogP contribution in [0, 0.1) is 0 Å². The third-order valence-electron chi connectivity index (χ3n) is 4.81. The molecule has 32 heavy (non-hydrogen) atoms. The third kappa shape index (κ3) is 7.04. The first-order valence-corrected chi connectivity index (χ1v) is 12.8. The number of benzene rings is 2. The number of sulfone groups is 1. The zero-order valence-corrected chi connectivity index (χ0v) is 20.3. The number of amidine groups is 1. The number of hydrogen-bond acceptors (Lipinski definition) is 8. The van der Waals surface area contributed by atoms with Crippen LogP contribution >= 0.6 is 12.8 Å². The highest BCUT2D eigenvalue weighted by Gasteiger charge is 2.25. The first-order valence-electron chi connectivity index (χ1n) is 10.5. The number of nitrogens with zero attached hydrogens (tertiary/aromatic N) is 2. The van der Waals surface area contributed by atoms with Crippen molar-refractivity contribution in [1.82, 2.24) is 4.72 Å². The minimum atomic E-state index is -3.69. The van der Waals surface area contributed by atoms with Crippen molar-refractivity contribution in [2.45, 2.75) is 44.4 Å². The van der Waals surface area contributed by atoms with Gasteiger partial charge in [-0.05, 0) is 42.3 Å². The molecule has 0 aromatic heterocycles. The molecular formula is C22H31N3O5S2. The van der Waals surface area contributed by atoms with Gasteiger partial charge in [0.05, 0.1) is 5.69 Å². The number of para-hydroxylation sites is 1. The zero-order valence-electron chi connectivity index (χ0n) is 18.6. The van der Waals surface area contributed by atoms with E-state index in [9.17, 15) is 8.42 Å². The molecule has 0 unspecified atom stereocenters. The lowest BCUT2D eigenvalue weighted by Crippen LogP contribution is -2.27. The predicted octanol–water partition coefficient (Wildman–Crippen LogP) is 4.87. The van der Waals surface area contributed by atoms with E-state index in [0.29, 0.717) is 17.0 Å². The van der Waals surface area contributed by atoms with Gasteiger partial charge >= 0.3 is 0 Å². The fourth-order valence-corrected chi connectivity index (χ4v) is 4.17. The monoisotopic (exact) mass is 481 g/mol. The van der Waals surface area contributed by atoms with Gasteiger partial charge in [-0.25, -0.2) is 13.4 Å².